The van der Waals surface area contributed by atoms with Crippen LogP contribution in [0.4, 0.5) is 13.2 Å². The molecule has 0 amide bonds. The number of thiocarbonyl (C=S) groups is 1. The minimum Gasteiger partial charge on any atom is -0.383 e. The van der Waals surface area contributed by atoms with Gasteiger partial charge in [0.15, 0.2) is 5.11 Å². The first-order chi connectivity index (χ1) is 14.9. The number of ether oxygens (including phenoxy) is 1. The summed E-state index contributed by atoms with van der Waals surface area (Å²) in [4.78, 5) is 6.48. The fourth-order valence-electron chi connectivity index (χ4n) is 3.86. The SMILES string of the molecule is COCCN1C(=S)NC(c2ccccn2)C1c1cccn1-c1cccc(C(F)(F)F)c1. The summed E-state index contributed by atoms with van der Waals surface area (Å²) < 4.78 is 46.9. The third kappa shape index (κ3) is 4.28. The first-order valence-electron chi connectivity index (χ1n) is 9.72. The monoisotopic (exact) mass is 446 g/mol. The lowest BCUT2D eigenvalue weighted by atomic mass is 10.0. The Labute approximate surface area is 183 Å². The van der Waals surface area contributed by atoms with Gasteiger partial charge in [0.2, 0.25) is 0 Å². The van der Waals surface area contributed by atoms with Gasteiger partial charge < -0.3 is 19.5 Å². The maximum atomic E-state index is 13.3. The van der Waals surface area contributed by atoms with Gasteiger partial charge >= 0.3 is 6.18 Å². The molecule has 1 aliphatic rings. The summed E-state index contributed by atoms with van der Waals surface area (Å²) in [6.45, 7) is 0.988. The molecule has 4 rings (SSSR count). The standard InChI is InChI=1S/C22H21F3N4OS/c1-30-13-12-29-20(19(27-21(29)31)17-8-2-3-10-26-17)18-9-5-11-28(18)16-7-4-6-15(14-16)22(23,24)25/h2-11,14,19-20H,12-13H2,1H3,(H,27,31). The van der Waals surface area contributed by atoms with Gasteiger partial charge in [-0.3, -0.25) is 4.98 Å². The first kappa shape index (κ1) is 21.3. The molecule has 0 bridgehead atoms. The quantitative estimate of drug-likeness (QED) is 0.565. The summed E-state index contributed by atoms with van der Waals surface area (Å²) in [6, 6.07) is 14.1. The van der Waals surface area contributed by atoms with E-state index < -0.39 is 11.7 Å². The third-order valence-corrected chi connectivity index (χ3v) is 5.62. The Hall–Kier alpha value is -2.91. The minimum atomic E-state index is -4.42. The highest BCUT2D eigenvalue weighted by atomic mass is 32.1. The molecule has 5 nitrogen and oxygen atoms in total. The molecule has 2 aromatic heterocycles. The van der Waals surface area contributed by atoms with Gasteiger partial charge in [0.1, 0.15) is 0 Å². The highest BCUT2D eigenvalue weighted by Gasteiger charge is 2.41. The summed E-state index contributed by atoms with van der Waals surface area (Å²) in [5, 5.41) is 3.88. The number of alkyl halides is 3. The zero-order valence-electron chi connectivity index (χ0n) is 16.7. The maximum Gasteiger partial charge on any atom is 0.416 e. The average Bonchev–Trinajstić information content (AvgIpc) is 3.36. The van der Waals surface area contributed by atoms with Crippen molar-refractivity contribution in [2.24, 2.45) is 0 Å². The number of hydrogen-bond acceptors (Lipinski definition) is 3. The molecule has 9 heteroatoms. The molecular formula is C22H21F3N4OS. The Bertz CT molecular complexity index is 1050. The Morgan fingerprint density at radius 3 is 2.68 bits per heavy atom. The van der Waals surface area contributed by atoms with E-state index in [1.165, 1.54) is 6.07 Å². The Balaban J connectivity index is 1.79. The fraction of sp³-hybridized carbons (Fsp3) is 0.273. The predicted molar refractivity (Wildman–Crippen MR) is 115 cm³/mol. The smallest absolute Gasteiger partial charge is 0.383 e. The Kier molecular flexibility index (Phi) is 5.97. The third-order valence-electron chi connectivity index (χ3n) is 5.27. The number of aromatic nitrogens is 2. The molecule has 1 N–H and O–H groups in total. The van der Waals surface area contributed by atoms with Crippen molar-refractivity contribution in [2.75, 3.05) is 20.3 Å². The van der Waals surface area contributed by atoms with Gasteiger partial charge in [-0.05, 0) is 54.7 Å². The molecule has 1 aliphatic heterocycles. The van der Waals surface area contributed by atoms with Gasteiger partial charge in [0, 0.05) is 37.4 Å². The first-order valence-corrected chi connectivity index (χ1v) is 10.1. The van der Waals surface area contributed by atoms with Crippen LogP contribution in [-0.2, 0) is 10.9 Å². The van der Waals surface area contributed by atoms with Crippen molar-refractivity contribution in [2.45, 2.75) is 18.3 Å². The summed E-state index contributed by atoms with van der Waals surface area (Å²) in [7, 11) is 1.61. The Morgan fingerprint density at radius 2 is 1.97 bits per heavy atom. The van der Waals surface area contributed by atoms with Crippen LogP contribution in [0.15, 0.2) is 67.0 Å². The molecule has 0 saturated carbocycles. The second-order valence-electron chi connectivity index (χ2n) is 7.16. The van der Waals surface area contributed by atoms with Crippen molar-refractivity contribution >= 4 is 17.3 Å². The molecule has 2 atom stereocenters. The fourth-order valence-corrected chi connectivity index (χ4v) is 4.19. The van der Waals surface area contributed by atoms with E-state index >= 15 is 0 Å². The predicted octanol–water partition coefficient (Wildman–Crippen LogP) is 4.51. The van der Waals surface area contributed by atoms with Gasteiger partial charge in [0.25, 0.3) is 0 Å². The van der Waals surface area contributed by atoms with E-state index in [0.29, 0.717) is 24.0 Å². The molecule has 31 heavy (non-hydrogen) atoms. The van der Waals surface area contributed by atoms with Crippen LogP contribution in [0.3, 0.4) is 0 Å². The zero-order chi connectivity index (χ0) is 22.0. The van der Waals surface area contributed by atoms with Gasteiger partial charge in [-0.15, -0.1) is 0 Å². The second kappa shape index (κ2) is 8.68. The van der Waals surface area contributed by atoms with Crippen molar-refractivity contribution < 1.29 is 17.9 Å². The molecule has 0 radical (unpaired) electrons. The highest BCUT2D eigenvalue weighted by Crippen LogP contribution is 2.39. The van der Waals surface area contributed by atoms with Gasteiger partial charge in [0.05, 0.1) is 29.9 Å². The molecule has 1 saturated heterocycles. The number of hydrogen-bond donors (Lipinski definition) is 1. The van der Waals surface area contributed by atoms with E-state index in [1.807, 2.05) is 35.2 Å². The van der Waals surface area contributed by atoms with E-state index in [-0.39, 0.29) is 12.1 Å². The van der Waals surface area contributed by atoms with Crippen LogP contribution in [0, 0.1) is 0 Å². The number of methoxy groups -OCH3 is 1. The van der Waals surface area contributed by atoms with Crippen molar-refractivity contribution in [1.29, 1.82) is 0 Å². The summed E-state index contributed by atoms with van der Waals surface area (Å²) in [5.74, 6) is 0. The molecule has 1 fully saturated rings. The number of rotatable bonds is 6. The summed E-state index contributed by atoms with van der Waals surface area (Å²) in [6.07, 6.45) is -0.947. The number of benzene rings is 1. The average molecular weight is 446 g/mol. The van der Waals surface area contributed by atoms with Crippen molar-refractivity contribution in [3.05, 3.63) is 83.9 Å². The number of pyridine rings is 1. The number of nitrogens with one attached hydrogen (secondary N) is 1. The normalized spacial score (nSPS) is 19.0. The largest absolute Gasteiger partial charge is 0.416 e. The number of nitrogens with zero attached hydrogens (tertiary/aromatic N) is 3. The molecule has 0 spiro atoms. The van der Waals surface area contributed by atoms with Crippen LogP contribution in [0.2, 0.25) is 0 Å². The van der Waals surface area contributed by atoms with E-state index in [9.17, 15) is 13.2 Å². The zero-order valence-corrected chi connectivity index (χ0v) is 17.5. The topological polar surface area (TPSA) is 42.3 Å². The van der Waals surface area contributed by atoms with Crippen LogP contribution >= 0.6 is 12.2 Å². The highest BCUT2D eigenvalue weighted by molar-refractivity contribution is 7.80. The van der Waals surface area contributed by atoms with E-state index in [4.69, 9.17) is 17.0 Å². The molecule has 162 valence electrons. The van der Waals surface area contributed by atoms with E-state index in [1.54, 1.807) is 30.1 Å². The molecule has 1 aromatic carbocycles. The molecule has 3 aromatic rings. The second-order valence-corrected chi connectivity index (χ2v) is 7.55. The molecular weight excluding hydrogens is 425 g/mol. The molecule has 3 heterocycles. The minimum absolute atomic E-state index is 0.259. The van der Waals surface area contributed by atoms with Crippen LogP contribution in [0.25, 0.3) is 5.69 Å². The van der Waals surface area contributed by atoms with Gasteiger partial charge in [-0.1, -0.05) is 12.1 Å². The van der Waals surface area contributed by atoms with Gasteiger partial charge in [-0.25, -0.2) is 0 Å². The van der Waals surface area contributed by atoms with E-state index in [0.717, 1.165) is 23.5 Å². The Morgan fingerprint density at radius 1 is 1.13 bits per heavy atom. The molecule has 2 unspecified atom stereocenters. The summed E-state index contributed by atoms with van der Waals surface area (Å²) in [5.41, 5.74) is 1.34. The number of halogens is 3. The summed E-state index contributed by atoms with van der Waals surface area (Å²) >= 11 is 5.58. The molecule has 0 aliphatic carbocycles. The van der Waals surface area contributed by atoms with Crippen LogP contribution in [0.1, 0.15) is 29.0 Å². The van der Waals surface area contributed by atoms with Crippen LogP contribution in [-0.4, -0.2) is 39.8 Å². The van der Waals surface area contributed by atoms with Gasteiger partial charge in [-0.2, -0.15) is 13.2 Å². The van der Waals surface area contributed by atoms with Crippen molar-refractivity contribution in [3.63, 3.8) is 0 Å². The lowest BCUT2D eigenvalue weighted by Crippen LogP contribution is -2.33. The van der Waals surface area contributed by atoms with Crippen molar-refractivity contribution in [3.8, 4) is 5.69 Å². The lowest BCUT2D eigenvalue weighted by molar-refractivity contribution is -0.137. The van der Waals surface area contributed by atoms with Crippen LogP contribution < -0.4 is 5.32 Å². The lowest BCUT2D eigenvalue weighted by Gasteiger charge is -2.28. The maximum absolute atomic E-state index is 13.3. The van der Waals surface area contributed by atoms with Crippen molar-refractivity contribution in [1.82, 2.24) is 19.8 Å². The van der Waals surface area contributed by atoms with Crippen LogP contribution in [0.5, 0.6) is 0 Å². The van der Waals surface area contributed by atoms with E-state index in [2.05, 4.69) is 10.3 Å².